The van der Waals surface area contributed by atoms with Gasteiger partial charge < -0.3 is 20.0 Å². The van der Waals surface area contributed by atoms with Gasteiger partial charge >= 0.3 is 12.1 Å². The predicted molar refractivity (Wildman–Crippen MR) is 195 cm³/mol. The van der Waals surface area contributed by atoms with Crippen molar-refractivity contribution in [2.75, 3.05) is 19.7 Å². The number of rotatable bonds is 12. The summed E-state index contributed by atoms with van der Waals surface area (Å²) in [7, 11) is 0. The van der Waals surface area contributed by atoms with Crippen molar-refractivity contribution in [2.45, 2.75) is 43.8 Å². The van der Waals surface area contributed by atoms with Crippen molar-refractivity contribution < 1.29 is 45.5 Å². The van der Waals surface area contributed by atoms with Gasteiger partial charge in [-0.05, 0) is 48.2 Å². The first-order chi connectivity index (χ1) is 24.7. The Balaban J connectivity index is 0.00000523. The van der Waals surface area contributed by atoms with Crippen LogP contribution in [0.5, 0.6) is 0 Å². The number of aliphatic imine (C=N–C) groups is 1. The zero-order valence-electron chi connectivity index (χ0n) is 27.8. The van der Waals surface area contributed by atoms with Gasteiger partial charge in [-0.2, -0.15) is 0 Å². The molecule has 2 fully saturated rings. The van der Waals surface area contributed by atoms with E-state index in [4.69, 9.17) is 32.9 Å². The molecule has 2 aliphatic rings. The van der Waals surface area contributed by atoms with Crippen LogP contribution in [-0.4, -0.2) is 76.3 Å². The zero-order valence-corrected chi connectivity index (χ0v) is 30.3. The van der Waals surface area contributed by atoms with E-state index in [1.807, 2.05) is 36.4 Å². The number of carbonyl (C=O) groups excluding carboxylic acids is 3. The summed E-state index contributed by atoms with van der Waals surface area (Å²) in [5, 5.41) is 15.8. The second-order valence-corrected chi connectivity index (χ2v) is 13.2. The smallest absolute Gasteiger partial charge is 0.416 e. The third-order valence-electron chi connectivity index (χ3n) is 9.04. The number of carbonyl (C=O) groups is 4. The van der Waals surface area contributed by atoms with Gasteiger partial charge in [-0.1, -0.05) is 114 Å². The Morgan fingerprint density at radius 2 is 1.60 bits per heavy atom. The summed E-state index contributed by atoms with van der Waals surface area (Å²) in [6, 6.07) is 28.6. The molecular formula is C39H35Cl2N4NiO6-. The second kappa shape index (κ2) is 17.8. The molecule has 2 aliphatic heterocycles. The Hall–Kier alpha value is -4.54. The zero-order chi connectivity index (χ0) is 35.9. The number of ether oxygens (including phenoxy) is 1. The molecule has 4 aromatic rings. The van der Waals surface area contributed by atoms with E-state index < -0.39 is 36.0 Å². The third kappa shape index (κ3) is 9.09. The van der Waals surface area contributed by atoms with Crippen LogP contribution in [0.3, 0.4) is 0 Å². The van der Waals surface area contributed by atoms with Crippen LogP contribution in [0.4, 0.5) is 10.5 Å². The third-order valence-corrected chi connectivity index (χ3v) is 9.78. The van der Waals surface area contributed by atoms with Crippen LogP contribution in [-0.2, 0) is 42.2 Å². The molecule has 10 nitrogen and oxygen atoms in total. The summed E-state index contributed by atoms with van der Waals surface area (Å²) in [5.41, 5.74) is 3.11. The molecule has 6 rings (SSSR count). The Labute approximate surface area is 321 Å². The minimum atomic E-state index is -1.54. The number of halogens is 2. The van der Waals surface area contributed by atoms with Gasteiger partial charge in [0, 0.05) is 40.9 Å². The molecule has 3 amide bonds. The first-order valence-electron chi connectivity index (χ1n) is 16.6. The van der Waals surface area contributed by atoms with Crippen LogP contribution < -0.4 is 0 Å². The van der Waals surface area contributed by atoms with Gasteiger partial charge in [-0.25, -0.2) is 14.5 Å². The Morgan fingerprint density at radius 3 is 2.27 bits per heavy atom. The molecule has 0 radical (unpaired) electrons. The number of cyclic esters (lactones) is 1. The molecule has 4 aromatic carbocycles. The van der Waals surface area contributed by atoms with E-state index >= 15 is 0 Å². The minimum absolute atomic E-state index is 0. The molecule has 3 atom stereocenters. The number of hydrogen-bond acceptors (Lipinski definition) is 7. The first-order valence-corrected chi connectivity index (χ1v) is 17.4. The van der Waals surface area contributed by atoms with Crippen molar-refractivity contribution in [3.8, 4) is 0 Å². The first kappa shape index (κ1) is 38.7. The van der Waals surface area contributed by atoms with E-state index in [9.17, 15) is 24.3 Å². The van der Waals surface area contributed by atoms with Crippen molar-refractivity contribution >= 4 is 58.5 Å². The summed E-state index contributed by atoms with van der Waals surface area (Å²) in [5.74, 6) is -3.30. The number of aliphatic carboxylic acids is 1. The predicted octanol–water partition coefficient (Wildman–Crippen LogP) is 7.63. The van der Waals surface area contributed by atoms with Gasteiger partial charge in [-0.15, -0.1) is 5.69 Å². The summed E-state index contributed by atoms with van der Waals surface area (Å²) < 4.78 is 4.96. The molecule has 1 N–H and O–H groups in total. The van der Waals surface area contributed by atoms with E-state index in [2.05, 4.69) is 10.2 Å². The molecule has 2 saturated heterocycles. The monoisotopic (exact) mass is 783 g/mol. The number of benzene rings is 4. The van der Waals surface area contributed by atoms with Gasteiger partial charge in [0.15, 0.2) is 6.04 Å². The number of carboxylic acid groups (broad SMARTS) is 1. The molecule has 2 heterocycles. The molecule has 0 spiro atoms. The van der Waals surface area contributed by atoms with Crippen molar-refractivity contribution in [3.63, 3.8) is 0 Å². The summed E-state index contributed by atoms with van der Waals surface area (Å²) in [6.45, 7) is 1.48. The average Bonchev–Trinajstić information content (AvgIpc) is 3.79. The number of imide groups is 1. The van der Waals surface area contributed by atoms with Gasteiger partial charge in [0.2, 0.25) is 5.91 Å². The molecule has 0 bridgehead atoms. The SMILES string of the molecule is O=C(O)[C@H](N=C(c1ccccc1)c1ccccc1[N-]C(=O)[C@@H]1CCCN1Cc1ccccc1)[C@@H](CC(=O)N1CCOC1=O)c1ccc(Cl)c(Cl)c1.[Ni]. The fourth-order valence-electron chi connectivity index (χ4n) is 6.50. The van der Waals surface area contributed by atoms with Crippen LogP contribution in [0.2, 0.25) is 10.0 Å². The van der Waals surface area contributed by atoms with E-state index in [0.717, 1.165) is 23.4 Å². The van der Waals surface area contributed by atoms with Gasteiger partial charge in [-0.3, -0.25) is 14.7 Å². The number of hydrogen-bond donors (Lipinski definition) is 1. The van der Waals surface area contributed by atoms with Gasteiger partial charge in [0.05, 0.1) is 34.3 Å². The van der Waals surface area contributed by atoms with Crippen LogP contribution in [0, 0.1) is 0 Å². The van der Waals surface area contributed by atoms with E-state index in [1.165, 1.54) is 12.1 Å². The van der Waals surface area contributed by atoms with Crippen molar-refractivity contribution in [1.82, 2.24) is 9.80 Å². The van der Waals surface area contributed by atoms with Crippen molar-refractivity contribution in [3.05, 3.63) is 141 Å². The molecule has 52 heavy (non-hydrogen) atoms. The number of likely N-dealkylation sites (tertiary alicyclic amines) is 1. The molecule has 0 aliphatic carbocycles. The summed E-state index contributed by atoms with van der Waals surface area (Å²) in [4.78, 5) is 60.7. The van der Waals surface area contributed by atoms with Gasteiger partial charge in [0.25, 0.3) is 0 Å². The van der Waals surface area contributed by atoms with Crippen molar-refractivity contribution in [2.24, 2.45) is 4.99 Å². The Kier molecular flexibility index (Phi) is 13.2. The van der Waals surface area contributed by atoms with E-state index in [1.54, 1.807) is 54.6 Å². The Morgan fingerprint density at radius 1 is 0.904 bits per heavy atom. The van der Waals surface area contributed by atoms with Gasteiger partial charge in [0.1, 0.15) is 6.61 Å². The Bertz CT molecular complexity index is 1950. The van der Waals surface area contributed by atoms with Crippen molar-refractivity contribution in [1.29, 1.82) is 0 Å². The standard InChI is InChI=1S/C39H36Cl2N4O6.Ni/c40-30-18-17-27(22-31(30)41)29(23-34(46)45-20-21-51-39(45)50)36(38(48)49)43-35(26-12-5-2-6-13-26)28-14-7-8-15-32(28)42-37(47)33-16-9-19-44(33)24-25-10-3-1-4-11-25;/h1-8,10-15,17-18,22,29,33,36H,9,16,19-21,23-24H2,(H2,42,43,47,48,49);/p-1/t29-,33-,36+;/m0./s1. The molecule has 0 aromatic heterocycles. The fraction of sp³-hybridized carbons (Fsp3) is 0.256. The summed E-state index contributed by atoms with van der Waals surface area (Å²) >= 11 is 12.6. The molecule has 13 heteroatoms. The quantitative estimate of drug-likeness (QED) is 0.116. The number of para-hydroxylation sites is 1. The average molecular weight is 785 g/mol. The number of carboxylic acids is 1. The fourth-order valence-corrected chi connectivity index (χ4v) is 6.81. The van der Waals surface area contributed by atoms with Crippen LogP contribution in [0.25, 0.3) is 5.32 Å². The molecular weight excluding hydrogens is 750 g/mol. The second-order valence-electron chi connectivity index (χ2n) is 12.4. The van der Waals surface area contributed by atoms with E-state index in [0.29, 0.717) is 35.3 Å². The normalized spacial score (nSPS) is 17.2. The number of amides is 3. The summed E-state index contributed by atoms with van der Waals surface area (Å²) in [6.07, 6.45) is 0.348. The molecule has 0 unspecified atom stereocenters. The molecule has 272 valence electrons. The maximum atomic E-state index is 13.8. The largest absolute Gasteiger partial charge is 0.625 e. The maximum absolute atomic E-state index is 13.8. The minimum Gasteiger partial charge on any atom is -0.625 e. The van der Waals surface area contributed by atoms with Crippen LogP contribution in [0.1, 0.15) is 47.4 Å². The number of nitrogens with zero attached hydrogens (tertiary/aromatic N) is 4. The van der Waals surface area contributed by atoms with Crippen LogP contribution >= 0.6 is 23.2 Å². The maximum Gasteiger partial charge on any atom is 0.416 e. The topological polar surface area (TPSA) is 131 Å². The molecule has 0 saturated carbocycles. The van der Waals surface area contributed by atoms with E-state index in [-0.39, 0.29) is 57.7 Å². The van der Waals surface area contributed by atoms with Crippen LogP contribution in [0.15, 0.2) is 108 Å².